The summed E-state index contributed by atoms with van der Waals surface area (Å²) in [5, 5.41) is 0. The van der Waals surface area contributed by atoms with Crippen LogP contribution in [0.2, 0.25) is 0 Å². The highest BCUT2D eigenvalue weighted by molar-refractivity contribution is 7.81. The van der Waals surface area contributed by atoms with Gasteiger partial charge in [-0.15, -0.1) is 8.39 Å². The molecular formula is C12H26F4N3P3. The monoisotopic (exact) mass is 381 g/mol. The summed E-state index contributed by atoms with van der Waals surface area (Å²) in [6.45, 7) is 4.01. The molecule has 0 radical (unpaired) electrons. The summed E-state index contributed by atoms with van der Waals surface area (Å²) in [7, 11) is -13.3. The van der Waals surface area contributed by atoms with Crippen molar-refractivity contribution in [1.29, 1.82) is 0 Å². The third-order valence-electron chi connectivity index (χ3n) is 3.36. The molecule has 0 aromatic heterocycles. The summed E-state index contributed by atoms with van der Waals surface area (Å²) in [4.78, 5) is 0. The molecule has 0 amide bonds. The maximum Gasteiger partial charge on any atom is 0.421 e. The van der Waals surface area contributed by atoms with Crippen molar-refractivity contribution < 1.29 is 16.8 Å². The Kier molecular flexibility index (Phi) is 8.40. The van der Waals surface area contributed by atoms with Crippen molar-refractivity contribution in [2.75, 3.05) is 12.3 Å². The van der Waals surface area contributed by atoms with Gasteiger partial charge in [0.1, 0.15) is 0 Å². The lowest BCUT2D eigenvalue weighted by Crippen LogP contribution is -1.90. The number of hydrogen-bond acceptors (Lipinski definition) is 3. The molecule has 132 valence electrons. The van der Waals surface area contributed by atoms with Crippen LogP contribution in [0.3, 0.4) is 0 Å². The van der Waals surface area contributed by atoms with Crippen molar-refractivity contribution in [2.24, 2.45) is 13.5 Å². The molecule has 0 fully saturated rings. The largest absolute Gasteiger partial charge is 0.421 e. The zero-order valence-corrected chi connectivity index (χ0v) is 15.9. The van der Waals surface area contributed by atoms with Crippen molar-refractivity contribution in [3.8, 4) is 0 Å². The fraction of sp³-hybridized carbons (Fsp3) is 1.00. The highest BCUT2D eigenvalue weighted by Crippen LogP contribution is 2.81. The molecule has 1 heterocycles. The molecule has 1 aliphatic heterocycles. The Labute approximate surface area is 131 Å². The van der Waals surface area contributed by atoms with Gasteiger partial charge in [0.05, 0.1) is 0 Å². The molecule has 0 aromatic carbocycles. The Bertz CT molecular complexity index is 498. The van der Waals surface area contributed by atoms with Crippen LogP contribution in [-0.4, -0.2) is 12.3 Å². The molecule has 0 aliphatic carbocycles. The van der Waals surface area contributed by atoms with Gasteiger partial charge in [-0.05, 0) is 12.8 Å². The summed E-state index contributed by atoms with van der Waals surface area (Å²) in [5.41, 5.74) is 0. The van der Waals surface area contributed by atoms with Gasteiger partial charge in [0.15, 0.2) is 0 Å². The molecule has 0 N–H and O–H groups in total. The van der Waals surface area contributed by atoms with E-state index in [-0.39, 0.29) is 12.3 Å². The van der Waals surface area contributed by atoms with E-state index in [4.69, 9.17) is 0 Å². The molecule has 2 atom stereocenters. The average molecular weight is 381 g/mol. The highest BCUT2D eigenvalue weighted by Gasteiger charge is 2.37. The Hall–Kier alpha value is 0.410. The minimum Gasteiger partial charge on any atom is -0.183 e. The molecule has 1 rings (SSSR count). The fourth-order valence-electron chi connectivity index (χ4n) is 2.25. The van der Waals surface area contributed by atoms with Crippen molar-refractivity contribution >= 4 is 22.9 Å². The number of unbranched alkanes of at least 4 members (excludes halogenated alkanes) is 6. The second-order valence-electron chi connectivity index (χ2n) is 5.58. The van der Waals surface area contributed by atoms with Gasteiger partial charge in [0.25, 0.3) is 15.0 Å². The smallest absolute Gasteiger partial charge is 0.183 e. The van der Waals surface area contributed by atoms with Crippen molar-refractivity contribution in [1.82, 2.24) is 0 Å². The first-order valence-corrected chi connectivity index (χ1v) is 12.9. The number of nitrogens with zero attached hydrogens (tertiary/aromatic N) is 3. The van der Waals surface area contributed by atoms with Crippen LogP contribution in [-0.2, 0) is 0 Å². The van der Waals surface area contributed by atoms with Crippen LogP contribution in [0.1, 0.15) is 65.2 Å². The Balaban J connectivity index is 2.84. The van der Waals surface area contributed by atoms with Crippen LogP contribution in [0.5, 0.6) is 0 Å². The zero-order chi connectivity index (χ0) is 16.7. The summed E-state index contributed by atoms with van der Waals surface area (Å²) >= 11 is 0. The number of hydrogen-bond donors (Lipinski definition) is 0. The normalized spacial score (nSPS) is 30.3. The predicted molar refractivity (Wildman–Crippen MR) is 90.5 cm³/mol. The summed E-state index contributed by atoms with van der Waals surface area (Å²) < 4.78 is 66.0. The van der Waals surface area contributed by atoms with Crippen LogP contribution in [0.25, 0.3) is 0 Å². The van der Waals surface area contributed by atoms with Gasteiger partial charge in [-0.1, -0.05) is 52.4 Å². The van der Waals surface area contributed by atoms with E-state index >= 15 is 0 Å². The van der Waals surface area contributed by atoms with Gasteiger partial charge < -0.3 is 0 Å². The third kappa shape index (κ3) is 7.32. The molecule has 0 saturated carbocycles. The lowest BCUT2D eigenvalue weighted by atomic mass is 10.2. The van der Waals surface area contributed by atoms with Crippen LogP contribution in [0, 0.1) is 0 Å². The van der Waals surface area contributed by atoms with Crippen LogP contribution >= 0.6 is 22.9 Å². The van der Waals surface area contributed by atoms with Crippen LogP contribution < -0.4 is 0 Å². The highest BCUT2D eigenvalue weighted by atomic mass is 31.3. The van der Waals surface area contributed by atoms with Gasteiger partial charge in [0, 0.05) is 12.3 Å². The van der Waals surface area contributed by atoms with Crippen LogP contribution in [0.4, 0.5) is 16.8 Å². The SMILES string of the molecule is CCCCCCP1(F)=NP(F)(F)=NP(F)(CCCCCC)=N1. The van der Waals surface area contributed by atoms with Gasteiger partial charge in [-0.3, -0.25) is 0 Å². The lowest BCUT2D eigenvalue weighted by molar-refractivity contribution is 0.688. The van der Waals surface area contributed by atoms with Gasteiger partial charge in [0.2, 0.25) is 0 Å². The first-order chi connectivity index (χ1) is 10.2. The molecular weight excluding hydrogens is 355 g/mol. The van der Waals surface area contributed by atoms with E-state index in [1.54, 1.807) is 0 Å². The van der Waals surface area contributed by atoms with Crippen molar-refractivity contribution in [3.63, 3.8) is 0 Å². The van der Waals surface area contributed by atoms with E-state index in [1.807, 2.05) is 13.8 Å². The molecule has 0 spiro atoms. The van der Waals surface area contributed by atoms with Crippen molar-refractivity contribution in [3.05, 3.63) is 0 Å². The Morgan fingerprint density at radius 2 is 1.05 bits per heavy atom. The molecule has 2 unspecified atom stereocenters. The average Bonchev–Trinajstić information content (AvgIpc) is 2.37. The topological polar surface area (TPSA) is 37.1 Å². The lowest BCUT2D eigenvalue weighted by Gasteiger charge is -2.21. The van der Waals surface area contributed by atoms with E-state index in [2.05, 4.69) is 13.5 Å². The van der Waals surface area contributed by atoms with E-state index in [1.165, 1.54) is 0 Å². The first-order valence-electron chi connectivity index (χ1n) is 7.92. The number of rotatable bonds is 10. The van der Waals surface area contributed by atoms with Gasteiger partial charge in [-0.2, -0.15) is 21.9 Å². The predicted octanol–water partition coefficient (Wildman–Crippen LogP) is 9.05. The Morgan fingerprint density at radius 3 is 1.50 bits per heavy atom. The number of halogens is 4. The quantitative estimate of drug-likeness (QED) is 0.206. The molecule has 0 bridgehead atoms. The van der Waals surface area contributed by atoms with Crippen molar-refractivity contribution in [2.45, 2.75) is 65.2 Å². The molecule has 22 heavy (non-hydrogen) atoms. The summed E-state index contributed by atoms with van der Waals surface area (Å²) in [5.74, 6) is 0. The maximum atomic E-state index is 14.6. The second kappa shape index (κ2) is 9.04. The van der Waals surface area contributed by atoms with Gasteiger partial charge in [-0.25, -0.2) is 0 Å². The van der Waals surface area contributed by atoms with Gasteiger partial charge >= 0.3 is 7.83 Å². The summed E-state index contributed by atoms with van der Waals surface area (Å²) in [6.07, 6.45) is 5.76. The standard InChI is InChI=1S/C12H26F4N3P3/c1-3-5-7-9-11-20(13)17-21(14,12-10-8-6-4-2)19-22(15,16)18-20/h3-12H2,1-2H3. The maximum absolute atomic E-state index is 14.6. The van der Waals surface area contributed by atoms with E-state index in [0.29, 0.717) is 12.8 Å². The molecule has 3 nitrogen and oxygen atoms in total. The molecule has 1 aliphatic rings. The summed E-state index contributed by atoms with van der Waals surface area (Å²) in [6, 6.07) is 0. The van der Waals surface area contributed by atoms with Crippen LogP contribution in [0.15, 0.2) is 13.5 Å². The minimum absolute atomic E-state index is 0.154. The molecule has 0 aromatic rings. The van der Waals surface area contributed by atoms with E-state index in [9.17, 15) is 16.8 Å². The zero-order valence-electron chi connectivity index (χ0n) is 13.3. The molecule has 10 heteroatoms. The second-order valence-corrected chi connectivity index (χ2v) is 12.1. The fourth-order valence-corrected chi connectivity index (χ4v) is 10.6. The van der Waals surface area contributed by atoms with E-state index < -0.39 is 22.9 Å². The first kappa shape index (κ1) is 20.5. The third-order valence-corrected chi connectivity index (χ3v) is 11.2. The minimum atomic E-state index is -5.19. The molecule has 0 saturated heterocycles. The van der Waals surface area contributed by atoms with E-state index in [0.717, 1.165) is 38.5 Å². The Morgan fingerprint density at radius 1 is 0.591 bits per heavy atom.